The highest BCUT2D eigenvalue weighted by molar-refractivity contribution is 7.13. The van der Waals surface area contributed by atoms with E-state index in [2.05, 4.69) is 60.6 Å². The molecule has 3 nitrogen and oxygen atoms in total. The molecule has 0 aliphatic carbocycles. The molecule has 102 valence electrons. The van der Waals surface area contributed by atoms with Crippen LogP contribution in [0.3, 0.4) is 0 Å². The van der Waals surface area contributed by atoms with Gasteiger partial charge in [0.1, 0.15) is 0 Å². The van der Waals surface area contributed by atoms with Gasteiger partial charge in [0.2, 0.25) is 0 Å². The summed E-state index contributed by atoms with van der Waals surface area (Å²) in [5.74, 6) is 0. The lowest BCUT2D eigenvalue weighted by Gasteiger charge is -2.19. The molecule has 2 rings (SSSR count). The average Bonchev–Trinajstić information content (AvgIpc) is 2.91. The van der Waals surface area contributed by atoms with Crippen molar-refractivity contribution in [1.82, 2.24) is 10.3 Å². The van der Waals surface area contributed by atoms with E-state index < -0.39 is 0 Å². The van der Waals surface area contributed by atoms with Gasteiger partial charge in [-0.1, -0.05) is 25.1 Å². The van der Waals surface area contributed by atoms with E-state index in [1.807, 2.05) is 6.07 Å². The molecule has 0 radical (unpaired) electrons. The summed E-state index contributed by atoms with van der Waals surface area (Å²) in [7, 11) is 0. The lowest BCUT2D eigenvalue weighted by atomic mass is 10.2. The highest BCUT2D eigenvalue weighted by Gasteiger charge is 2.14. The van der Waals surface area contributed by atoms with Crippen LogP contribution in [0.1, 0.15) is 32.5 Å². The van der Waals surface area contributed by atoms with Crippen LogP contribution in [0.25, 0.3) is 0 Å². The minimum Gasteiger partial charge on any atom is -0.318 e. The van der Waals surface area contributed by atoms with Crippen LogP contribution in [0, 0.1) is 0 Å². The molecule has 4 heteroatoms. The van der Waals surface area contributed by atoms with Crippen molar-refractivity contribution in [2.75, 3.05) is 18.0 Å². The van der Waals surface area contributed by atoms with Crippen molar-refractivity contribution < 1.29 is 0 Å². The summed E-state index contributed by atoms with van der Waals surface area (Å²) >= 11 is 1.71. The Morgan fingerprint density at radius 3 is 2.63 bits per heavy atom. The van der Waals surface area contributed by atoms with Gasteiger partial charge in [-0.25, -0.2) is 4.98 Å². The van der Waals surface area contributed by atoms with Gasteiger partial charge in [0.25, 0.3) is 0 Å². The van der Waals surface area contributed by atoms with Crippen LogP contribution < -0.4 is 10.2 Å². The van der Waals surface area contributed by atoms with Gasteiger partial charge in [-0.05, 0) is 32.5 Å². The summed E-state index contributed by atoms with van der Waals surface area (Å²) in [6.07, 6.45) is 0. The Balaban J connectivity index is 2.21. The zero-order valence-electron chi connectivity index (χ0n) is 11.8. The number of thiazole rings is 1. The average molecular weight is 275 g/mol. The second-order valence-electron chi connectivity index (χ2n) is 4.41. The molecule has 2 aromatic rings. The second kappa shape index (κ2) is 6.68. The minimum atomic E-state index is 0.310. The van der Waals surface area contributed by atoms with E-state index in [9.17, 15) is 0 Å². The van der Waals surface area contributed by atoms with Crippen molar-refractivity contribution in [3.63, 3.8) is 0 Å². The fourth-order valence-corrected chi connectivity index (χ4v) is 3.05. The summed E-state index contributed by atoms with van der Waals surface area (Å²) < 4.78 is 0. The first-order valence-electron chi connectivity index (χ1n) is 6.77. The Hall–Kier alpha value is -1.39. The van der Waals surface area contributed by atoms with Crippen molar-refractivity contribution in [3.8, 4) is 0 Å². The number of hydrogen-bond acceptors (Lipinski definition) is 4. The Morgan fingerprint density at radius 1 is 1.26 bits per heavy atom. The van der Waals surface area contributed by atoms with Crippen molar-refractivity contribution in [2.24, 2.45) is 0 Å². The van der Waals surface area contributed by atoms with Crippen LogP contribution in [0.2, 0.25) is 0 Å². The number of nitrogens with one attached hydrogen (secondary N) is 1. The maximum absolute atomic E-state index is 4.76. The monoisotopic (exact) mass is 275 g/mol. The molecule has 0 aliphatic rings. The first-order valence-corrected chi connectivity index (χ1v) is 7.65. The molecule has 1 atom stereocenters. The number of anilines is 2. The van der Waals surface area contributed by atoms with Crippen LogP contribution in [0.15, 0.2) is 35.7 Å². The molecule has 19 heavy (non-hydrogen) atoms. The molecule has 0 saturated carbocycles. The molecule has 0 amide bonds. The lowest BCUT2D eigenvalue weighted by molar-refractivity contribution is 0.586. The minimum absolute atomic E-state index is 0.310. The first-order chi connectivity index (χ1) is 9.26. The van der Waals surface area contributed by atoms with Gasteiger partial charge in [0.05, 0.1) is 5.69 Å². The summed E-state index contributed by atoms with van der Waals surface area (Å²) in [5.41, 5.74) is 2.32. The molecular weight excluding hydrogens is 254 g/mol. The molecule has 1 N–H and O–H groups in total. The lowest BCUT2D eigenvalue weighted by Crippen LogP contribution is -2.19. The second-order valence-corrected chi connectivity index (χ2v) is 5.25. The molecule has 1 aromatic heterocycles. The van der Waals surface area contributed by atoms with Crippen LogP contribution in [0.4, 0.5) is 10.8 Å². The number of benzene rings is 1. The molecule has 0 saturated heterocycles. The Kier molecular flexibility index (Phi) is 4.93. The van der Waals surface area contributed by atoms with E-state index >= 15 is 0 Å². The van der Waals surface area contributed by atoms with Crippen molar-refractivity contribution in [2.45, 2.75) is 26.8 Å². The van der Waals surface area contributed by atoms with Gasteiger partial charge in [-0.3, -0.25) is 0 Å². The predicted octanol–water partition coefficient (Wildman–Crippen LogP) is 3.97. The predicted molar refractivity (Wildman–Crippen MR) is 83.3 cm³/mol. The number of nitrogens with zero attached hydrogens (tertiary/aromatic N) is 2. The summed E-state index contributed by atoms with van der Waals surface area (Å²) in [4.78, 5) is 7.00. The number of hydrogen-bond donors (Lipinski definition) is 1. The van der Waals surface area contributed by atoms with E-state index in [-0.39, 0.29) is 0 Å². The molecule has 0 fully saturated rings. The molecule has 0 spiro atoms. The van der Waals surface area contributed by atoms with Crippen LogP contribution in [-0.2, 0) is 0 Å². The maximum Gasteiger partial charge on any atom is 0.190 e. The van der Waals surface area contributed by atoms with E-state index in [0.717, 1.165) is 23.9 Å². The molecule has 1 aromatic carbocycles. The van der Waals surface area contributed by atoms with Gasteiger partial charge in [0, 0.05) is 23.7 Å². The molecule has 1 unspecified atom stereocenters. The van der Waals surface area contributed by atoms with Crippen LogP contribution in [-0.4, -0.2) is 18.1 Å². The van der Waals surface area contributed by atoms with E-state index in [0.29, 0.717) is 6.04 Å². The Morgan fingerprint density at radius 2 is 2.00 bits per heavy atom. The Bertz CT molecular complexity index is 495. The fourth-order valence-electron chi connectivity index (χ4n) is 2.05. The SMILES string of the molecule is CCNC(C)c1csc(N(CC)c2ccccc2)n1. The van der Waals surface area contributed by atoms with E-state index in [4.69, 9.17) is 4.98 Å². The van der Waals surface area contributed by atoms with Gasteiger partial charge in [0.15, 0.2) is 5.13 Å². The molecular formula is C15H21N3S. The number of aromatic nitrogens is 1. The largest absolute Gasteiger partial charge is 0.318 e. The first kappa shape index (κ1) is 14.0. The fraction of sp³-hybridized carbons (Fsp3) is 0.400. The van der Waals surface area contributed by atoms with E-state index in [1.165, 1.54) is 5.69 Å². The normalized spacial score (nSPS) is 12.4. The third kappa shape index (κ3) is 3.33. The maximum atomic E-state index is 4.76. The van der Waals surface area contributed by atoms with Crippen LogP contribution in [0.5, 0.6) is 0 Å². The van der Waals surface area contributed by atoms with Crippen molar-refractivity contribution >= 4 is 22.2 Å². The summed E-state index contributed by atoms with van der Waals surface area (Å²) in [6.45, 7) is 8.31. The third-order valence-electron chi connectivity index (χ3n) is 3.08. The van der Waals surface area contributed by atoms with Gasteiger partial charge < -0.3 is 10.2 Å². The number of rotatable bonds is 6. The van der Waals surface area contributed by atoms with Gasteiger partial charge in [-0.2, -0.15) is 0 Å². The third-order valence-corrected chi connectivity index (χ3v) is 3.96. The Labute approximate surface area is 119 Å². The van der Waals surface area contributed by atoms with Crippen LogP contribution >= 0.6 is 11.3 Å². The zero-order chi connectivity index (χ0) is 13.7. The van der Waals surface area contributed by atoms with Gasteiger partial charge in [-0.15, -0.1) is 11.3 Å². The quantitative estimate of drug-likeness (QED) is 0.864. The molecule has 0 aliphatic heterocycles. The van der Waals surface area contributed by atoms with Crippen molar-refractivity contribution in [3.05, 3.63) is 41.4 Å². The molecule has 1 heterocycles. The smallest absolute Gasteiger partial charge is 0.190 e. The highest BCUT2D eigenvalue weighted by Crippen LogP contribution is 2.29. The number of para-hydroxylation sites is 1. The molecule has 0 bridgehead atoms. The summed E-state index contributed by atoms with van der Waals surface area (Å²) in [6, 6.07) is 10.7. The van der Waals surface area contributed by atoms with Crippen molar-refractivity contribution in [1.29, 1.82) is 0 Å². The zero-order valence-corrected chi connectivity index (χ0v) is 12.6. The summed E-state index contributed by atoms with van der Waals surface area (Å²) in [5, 5.41) is 6.61. The highest BCUT2D eigenvalue weighted by atomic mass is 32.1. The van der Waals surface area contributed by atoms with Gasteiger partial charge >= 0.3 is 0 Å². The van der Waals surface area contributed by atoms with E-state index in [1.54, 1.807) is 11.3 Å². The topological polar surface area (TPSA) is 28.2 Å². The standard InChI is InChI=1S/C15H21N3S/c1-4-16-12(3)14-11-19-15(17-14)18(5-2)13-9-7-6-8-10-13/h6-12,16H,4-5H2,1-3H3.